The highest BCUT2D eigenvalue weighted by atomic mass is 16.2. The summed E-state index contributed by atoms with van der Waals surface area (Å²) in [5, 5.41) is 2.39. The summed E-state index contributed by atoms with van der Waals surface area (Å²) in [5.74, 6) is -0.285. The Bertz CT molecular complexity index is 272. The molecule has 2 amide bonds. The summed E-state index contributed by atoms with van der Waals surface area (Å²) in [6.45, 7) is 1.74. The van der Waals surface area contributed by atoms with Crippen LogP contribution in [-0.4, -0.2) is 41.9 Å². The molecule has 1 unspecified atom stereocenters. The third-order valence-electron chi connectivity index (χ3n) is 3.23. The van der Waals surface area contributed by atoms with Crippen LogP contribution in [-0.2, 0) is 9.59 Å². The third-order valence-corrected chi connectivity index (χ3v) is 3.23. The number of likely N-dealkylation sites (tertiary alicyclic amines) is 1. The van der Waals surface area contributed by atoms with Crippen molar-refractivity contribution >= 4 is 11.8 Å². The number of amides is 2. The van der Waals surface area contributed by atoms with E-state index in [2.05, 4.69) is 10.2 Å². The zero-order valence-electron chi connectivity index (χ0n) is 8.74. The van der Waals surface area contributed by atoms with Crippen molar-refractivity contribution in [2.45, 2.75) is 37.8 Å². The van der Waals surface area contributed by atoms with E-state index < -0.39 is 0 Å². The Morgan fingerprint density at radius 1 is 1.20 bits per heavy atom. The van der Waals surface area contributed by atoms with E-state index in [1.807, 2.05) is 0 Å². The van der Waals surface area contributed by atoms with E-state index in [1.165, 1.54) is 0 Å². The number of nitrogens with zero attached hydrogens (tertiary/aromatic N) is 1. The van der Waals surface area contributed by atoms with Gasteiger partial charge in [0, 0.05) is 25.6 Å². The second kappa shape index (κ2) is 4.28. The van der Waals surface area contributed by atoms with Crippen LogP contribution in [0.15, 0.2) is 0 Å². The predicted octanol–water partition coefficient (Wildman–Crippen LogP) is -0.785. The van der Waals surface area contributed by atoms with Crippen molar-refractivity contribution in [3.05, 3.63) is 0 Å². The average molecular weight is 211 g/mol. The van der Waals surface area contributed by atoms with Crippen LogP contribution >= 0.6 is 0 Å². The number of carbonyl (C=O) groups excluding carboxylic acids is 2. The summed E-state index contributed by atoms with van der Waals surface area (Å²) in [4.78, 5) is 24.7. The van der Waals surface area contributed by atoms with Crippen LogP contribution in [0.25, 0.3) is 0 Å². The maximum atomic E-state index is 11.6. The fraction of sp³-hybridized carbons (Fsp3) is 0.800. The molecule has 2 saturated heterocycles. The fourth-order valence-corrected chi connectivity index (χ4v) is 2.26. The van der Waals surface area contributed by atoms with Gasteiger partial charge in [0.25, 0.3) is 0 Å². The van der Waals surface area contributed by atoms with Crippen molar-refractivity contribution in [3.63, 3.8) is 0 Å². The van der Waals surface area contributed by atoms with Gasteiger partial charge in [-0.05, 0) is 19.3 Å². The van der Waals surface area contributed by atoms with Crippen molar-refractivity contribution in [2.75, 3.05) is 13.1 Å². The molecular weight excluding hydrogens is 194 g/mol. The van der Waals surface area contributed by atoms with Gasteiger partial charge in [0.2, 0.25) is 11.8 Å². The minimum absolute atomic E-state index is 0.116. The number of hydrogen-bond acceptors (Lipinski definition) is 4. The minimum Gasteiger partial charge on any atom is -0.328 e. The van der Waals surface area contributed by atoms with E-state index >= 15 is 0 Å². The largest absolute Gasteiger partial charge is 0.328 e. The highest BCUT2D eigenvalue weighted by Crippen LogP contribution is 2.17. The Morgan fingerprint density at radius 3 is 2.47 bits per heavy atom. The first-order valence-corrected chi connectivity index (χ1v) is 5.50. The number of rotatable bonds is 1. The van der Waals surface area contributed by atoms with Gasteiger partial charge in [0.15, 0.2) is 0 Å². The van der Waals surface area contributed by atoms with Crippen LogP contribution in [0, 0.1) is 0 Å². The average Bonchev–Trinajstić information content (AvgIpc) is 2.20. The molecule has 15 heavy (non-hydrogen) atoms. The van der Waals surface area contributed by atoms with Crippen molar-refractivity contribution in [1.82, 2.24) is 10.2 Å². The summed E-state index contributed by atoms with van der Waals surface area (Å²) in [6.07, 6.45) is 2.99. The van der Waals surface area contributed by atoms with E-state index in [1.54, 1.807) is 0 Å². The van der Waals surface area contributed by atoms with Crippen LogP contribution in [0.3, 0.4) is 0 Å². The molecule has 0 spiro atoms. The lowest BCUT2D eigenvalue weighted by molar-refractivity contribution is -0.137. The van der Waals surface area contributed by atoms with Crippen molar-refractivity contribution in [1.29, 1.82) is 0 Å². The zero-order valence-corrected chi connectivity index (χ0v) is 8.74. The molecule has 84 valence electrons. The molecule has 5 heteroatoms. The number of piperidine rings is 2. The highest BCUT2D eigenvalue weighted by Gasteiger charge is 2.32. The van der Waals surface area contributed by atoms with Crippen LogP contribution in [0.2, 0.25) is 0 Å². The van der Waals surface area contributed by atoms with Gasteiger partial charge in [0.05, 0.1) is 6.04 Å². The molecule has 2 rings (SSSR count). The van der Waals surface area contributed by atoms with E-state index in [0.29, 0.717) is 12.8 Å². The summed E-state index contributed by atoms with van der Waals surface area (Å²) in [7, 11) is 0. The van der Waals surface area contributed by atoms with E-state index in [0.717, 1.165) is 25.9 Å². The topological polar surface area (TPSA) is 75.4 Å². The molecule has 0 aliphatic carbocycles. The normalized spacial score (nSPS) is 30.3. The van der Waals surface area contributed by atoms with Crippen LogP contribution in [0.5, 0.6) is 0 Å². The lowest BCUT2D eigenvalue weighted by atomic mass is 9.99. The molecule has 2 fully saturated rings. The number of nitrogens with two attached hydrogens (primary N) is 1. The lowest BCUT2D eigenvalue weighted by Gasteiger charge is -2.37. The van der Waals surface area contributed by atoms with Crippen LogP contribution < -0.4 is 11.1 Å². The third kappa shape index (κ3) is 2.35. The molecular formula is C10H17N3O2. The standard InChI is InChI=1S/C10H17N3O2/c11-7-3-5-13(6-4-7)8-1-2-9(14)12-10(8)15/h7-8H,1-6,11H2,(H,12,14,15). The van der Waals surface area contributed by atoms with Gasteiger partial charge < -0.3 is 5.73 Å². The molecule has 0 radical (unpaired) electrons. The zero-order chi connectivity index (χ0) is 10.8. The first-order valence-electron chi connectivity index (χ1n) is 5.50. The van der Waals surface area contributed by atoms with Gasteiger partial charge >= 0.3 is 0 Å². The van der Waals surface area contributed by atoms with Gasteiger partial charge in [0.1, 0.15) is 0 Å². The predicted molar refractivity (Wildman–Crippen MR) is 55.0 cm³/mol. The Hall–Kier alpha value is -0.940. The lowest BCUT2D eigenvalue weighted by Crippen LogP contribution is -2.55. The second-order valence-corrected chi connectivity index (χ2v) is 4.34. The van der Waals surface area contributed by atoms with Gasteiger partial charge in [-0.1, -0.05) is 0 Å². The molecule has 0 aromatic carbocycles. The molecule has 0 aromatic heterocycles. The smallest absolute Gasteiger partial charge is 0.243 e. The van der Waals surface area contributed by atoms with Crippen LogP contribution in [0.1, 0.15) is 25.7 Å². The van der Waals surface area contributed by atoms with Gasteiger partial charge in [-0.2, -0.15) is 0 Å². The van der Waals surface area contributed by atoms with Crippen LogP contribution in [0.4, 0.5) is 0 Å². The highest BCUT2D eigenvalue weighted by molar-refractivity contribution is 6.00. The summed E-state index contributed by atoms with van der Waals surface area (Å²) in [5.41, 5.74) is 5.80. The van der Waals surface area contributed by atoms with Crippen molar-refractivity contribution in [2.24, 2.45) is 5.73 Å². The second-order valence-electron chi connectivity index (χ2n) is 4.34. The van der Waals surface area contributed by atoms with Gasteiger partial charge in [-0.25, -0.2) is 0 Å². The number of carbonyl (C=O) groups is 2. The maximum absolute atomic E-state index is 11.6. The molecule has 2 aliphatic rings. The summed E-state index contributed by atoms with van der Waals surface area (Å²) >= 11 is 0. The molecule has 5 nitrogen and oxygen atoms in total. The number of hydrogen-bond donors (Lipinski definition) is 2. The van der Waals surface area contributed by atoms with E-state index in [-0.39, 0.29) is 23.9 Å². The Labute approximate surface area is 89.0 Å². The Morgan fingerprint density at radius 2 is 1.87 bits per heavy atom. The van der Waals surface area contributed by atoms with Gasteiger partial charge in [-0.3, -0.25) is 19.8 Å². The van der Waals surface area contributed by atoms with Gasteiger partial charge in [-0.15, -0.1) is 0 Å². The van der Waals surface area contributed by atoms with E-state index in [9.17, 15) is 9.59 Å². The SMILES string of the molecule is NC1CCN(C2CCC(=O)NC2=O)CC1. The summed E-state index contributed by atoms with van der Waals surface area (Å²) < 4.78 is 0. The molecule has 0 aromatic rings. The summed E-state index contributed by atoms with van der Waals surface area (Å²) in [6, 6.07) is 0.157. The first kappa shape index (κ1) is 10.6. The molecule has 3 N–H and O–H groups in total. The van der Waals surface area contributed by atoms with Crippen molar-refractivity contribution in [3.8, 4) is 0 Å². The fourth-order valence-electron chi connectivity index (χ4n) is 2.26. The molecule has 1 atom stereocenters. The molecule has 0 bridgehead atoms. The molecule has 0 saturated carbocycles. The van der Waals surface area contributed by atoms with Crippen molar-refractivity contribution < 1.29 is 9.59 Å². The van der Waals surface area contributed by atoms with E-state index in [4.69, 9.17) is 5.73 Å². The molecule has 2 aliphatic heterocycles. The minimum atomic E-state index is -0.148. The quantitative estimate of drug-likeness (QED) is 0.558. The number of nitrogens with one attached hydrogen (secondary N) is 1. The Kier molecular flexibility index (Phi) is 3.02. The number of imide groups is 1. The Balaban J connectivity index is 1.93. The monoisotopic (exact) mass is 211 g/mol. The first-order chi connectivity index (χ1) is 7.16. The maximum Gasteiger partial charge on any atom is 0.243 e. The molecule has 2 heterocycles.